The van der Waals surface area contributed by atoms with Crippen LogP contribution in [0.2, 0.25) is 0 Å². The molecule has 0 radical (unpaired) electrons. The molecule has 0 atom stereocenters. The number of carbonyl (C=O) groups excluding carboxylic acids is 1. The Morgan fingerprint density at radius 3 is 2.74 bits per heavy atom. The van der Waals surface area contributed by atoms with Gasteiger partial charge in [-0.25, -0.2) is 4.98 Å². The molecule has 0 fully saturated rings. The number of carbonyl (C=O) groups is 1. The van der Waals surface area contributed by atoms with Crippen molar-refractivity contribution in [3.8, 4) is 11.4 Å². The molecule has 5 aromatic rings. The van der Waals surface area contributed by atoms with Gasteiger partial charge in [-0.15, -0.1) is 0 Å². The van der Waals surface area contributed by atoms with Gasteiger partial charge in [0.25, 0.3) is 0 Å². The highest BCUT2D eigenvalue weighted by molar-refractivity contribution is 5.81. The van der Waals surface area contributed by atoms with Gasteiger partial charge < -0.3 is 14.9 Å². The van der Waals surface area contributed by atoms with Crippen molar-refractivity contribution >= 4 is 27.8 Å². The summed E-state index contributed by atoms with van der Waals surface area (Å²) in [5, 5.41) is 1.17. The Hall–Kier alpha value is -3.86. The van der Waals surface area contributed by atoms with Crippen molar-refractivity contribution in [3.05, 3.63) is 90.1 Å². The van der Waals surface area contributed by atoms with Gasteiger partial charge in [0.1, 0.15) is 5.82 Å². The van der Waals surface area contributed by atoms with Crippen LogP contribution in [0, 0.1) is 0 Å². The Labute approximate surface area is 180 Å². The van der Waals surface area contributed by atoms with E-state index in [0.29, 0.717) is 19.4 Å². The topological polar surface area (TPSA) is 64.8 Å². The molecule has 0 aliphatic carbocycles. The summed E-state index contributed by atoms with van der Waals surface area (Å²) in [6.07, 6.45) is 3.11. The van der Waals surface area contributed by atoms with Gasteiger partial charge in [0.15, 0.2) is 0 Å². The molecule has 0 bridgehead atoms. The number of nitrogens with zero attached hydrogens (tertiary/aromatic N) is 2. The zero-order chi connectivity index (χ0) is 21.2. The van der Waals surface area contributed by atoms with E-state index >= 15 is 0 Å². The average molecular weight is 409 g/mol. The third-order valence-corrected chi connectivity index (χ3v) is 5.68. The molecule has 0 aliphatic rings. The van der Waals surface area contributed by atoms with E-state index in [1.165, 1.54) is 5.39 Å². The number of nitrogens with one attached hydrogen (secondary N) is 2. The minimum absolute atomic E-state index is 0.142. The van der Waals surface area contributed by atoms with Crippen molar-refractivity contribution in [3.63, 3.8) is 0 Å². The molecular weight excluding hydrogens is 384 g/mol. The number of amides is 1. The Bertz CT molecular complexity index is 1330. The summed E-state index contributed by atoms with van der Waals surface area (Å²) >= 11 is 0. The van der Waals surface area contributed by atoms with E-state index in [0.717, 1.165) is 39.1 Å². The quantitative estimate of drug-likeness (QED) is 0.400. The number of aryl methyl sites for hydroxylation is 1. The second-order valence-corrected chi connectivity index (χ2v) is 7.95. The van der Waals surface area contributed by atoms with Crippen LogP contribution in [0.3, 0.4) is 0 Å². The third kappa shape index (κ3) is 4.08. The average Bonchev–Trinajstić information content (AvgIpc) is 3.44. The molecular formula is C26H24N4O. The zero-order valence-corrected chi connectivity index (χ0v) is 17.4. The maximum absolute atomic E-state index is 12.7. The fourth-order valence-corrected chi connectivity index (χ4v) is 3.97. The van der Waals surface area contributed by atoms with E-state index in [-0.39, 0.29) is 5.91 Å². The highest BCUT2D eigenvalue weighted by Crippen LogP contribution is 2.22. The Morgan fingerprint density at radius 2 is 1.84 bits per heavy atom. The van der Waals surface area contributed by atoms with Crippen molar-refractivity contribution in [1.29, 1.82) is 0 Å². The van der Waals surface area contributed by atoms with Gasteiger partial charge in [0.2, 0.25) is 5.91 Å². The second-order valence-electron chi connectivity index (χ2n) is 7.95. The van der Waals surface area contributed by atoms with Crippen LogP contribution in [0.5, 0.6) is 0 Å². The molecule has 0 spiro atoms. The van der Waals surface area contributed by atoms with Crippen LogP contribution < -0.4 is 0 Å². The van der Waals surface area contributed by atoms with Crippen molar-refractivity contribution in [2.45, 2.75) is 19.4 Å². The number of rotatable bonds is 6. The van der Waals surface area contributed by atoms with Crippen molar-refractivity contribution in [1.82, 2.24) is 19.9 Å². The van der Waals surface area contributed by atoms with Gasteiger partial charge in [-0.3, -0.25) is 4.79 Å². The summed E-state index contributed by atoms with van der Waals surface area (Å²) in [6.45, 7) is 0.610. The van der Waals surface area contributed by atoms with Gasteiger partial charge in [-0.05, 0) is 59.3 Å². The number of imidazole rings is 1. The van der Waals surface area contributed by atoms with Crippen LogP contribution in [-0.2, 0) is 17.8 Å². The molecule has 154 valence electrons. The lowest BCUT2D eigenvalue weighted by Gasteiger charge is -2.17. The Morgan fingerprint density at radius 1 is 0.935 bits per heavy atom. The van der Waals surface area contributed by atoms with Gasteiger partial charge in [0, 0.05) is 37.3 Å². The van der Waals surface area contributed by atoms with Crippen molar-refractivity contribution < 1.29 is 4.79 Å². The SMILES string of the molecule is CN(Cc1ccc2[nH]ccc2c1)C(=O)CCc1cccc(-c2nc3ccccc3[nH]2)c1. The largest absolute Gasteiger partial charge is 0.361 e. The molecule has 3 aromatic carbocycles. The standard InChI is InChI=1S/C26H24N4O/c1-30(17-19-9-11-22-20(16-19)13-14-27-22)25(31)12-10-18-5-4-6-21(15-18)26-28-23-7-2-3-8-24(23)29-26/h2-9,11,13-16,27H,10,12,17H2,1H3,(H,28,29). The van der Waals surface area contributed by atoms with Crippen LogP contribution in [0.15, 0.2) is 79.0 Å². The highest BCUT2D eigenvalue weighted by atomic mass is 16.2. The van der Waals surface area contributed by atoms with E-state index < -0.39 is 0 Å². The molecule has 5 rings (SSSR count). The predicted octanol–water partition coefficient (Wildman–Crippen LogP) is 5.30. The molecule has 0 saturated heterocycles. The van der Waals surface area contributed by atoms with Crippen LogP contribution >= 0.6 is 0 Å². The van der Waals surface area contributed by atoms with Crippen LogP contribution in [0.4, 0.5) is 0 Å². The summed E-state index contributed by atoms with van der Waals surface area (Å²) in [4.78, 5) is 25.8. The predicted molar refractivity (Wildman–Crippen MR) is 125 cm³/mol. The van der Waals surface area contributed by atoms with Crippen LogP contribution in [-0.4, -0.2) is 32.8 Å². The monoisotopic (exact) mass is 408 g/mol. The first kappa shape index (κ1) is 19.1. The molecule has 31 heavy (non-hydrogen) atoms. The third-order valence-electron chi connectivity index (χ3n) is 5.68. The minimum Gasteiger partial charge on any atom is -0.361 e. The van der Waals surface area contributed by atoms with Crippen molar-refractivity contribution in [2.75, 3.05) is 7.05 Å². The molecule has 0 saturated carbocycles. The fraction of sp³-hybridized carbons (Fsp3) is 0.154. The van der Waals surface area contributed by atoms with Crippen LogP contribution in [0.25, 0.3) is 33.3 Å². The first-order valence-electron chi connectivity index (χ1n) is 10.5. The van der Waals surface area contributed by atoms with Crippen molar-refractivity contribution in [2.24, 2.45) is 0 Å². The lowest BCUT2D eigenvalue weighted by molar-refractivity contribution is -0.130. The first-order chi connectivity index (χ1) is 15.2. The maximum atomic E-state index is 12.7. The molecule has 0 unspecified atom stereocenters. The molecule has 5 nitrogen and oxygen atoms in total. The number of para-hydroxylation sites is 2. The zero-order valence-electron chi connectivity index (χ0n) is 17.4. The molecule has 0 aliphatic heterocycles. The van der Waals surface area contributed by atoms with Gasteiger partial charge in [0.05, 0.1) is 11.0 Å². The van der Waals surface area contributed by atoms with Crippen LogP contribution in [0.1, 0.15) is 17.5 Å². The fourth-order valence-electron chi connectivity index (χ4n) is 3.97. The van der Waals surface area contributed by atoms with E-state index in [1.807, 2.05) is 49.6 Å². The highest BCUT2D eigenvalue weighted by Gasteiger charge is 2.11. The smallest absolute Gasteiger partial charge is 0.222 e. The lowest BCUT2D eigenvalue weighted by atomic mass is 10.1. The molecule has 2 heterocycles. The van der Waals surface area contributed by atoms with E-state index in [9.17, 15) is 4.79 Å². The number of aromatic amines is 2. The normalized spacial score (nSPS) is 11.3. The maximum Gasteiger partial charge on any atom is 0.222 e. The summed E-state index contributed by atoms with van der Waals surface area (Å²) in [7, 11) is 1.87. The van der Waals surface area contributed by atoms with E-state index in [2.05, 4.69) is 51.4 Å². The second kappa shape index (κ2) is 8.11. The first-order valence-corrected chi connectivity index (χ1v) is 10.5. The lowest BCUT2D eigenvalue weighted by Crippen LogP contribution is -2.26. The molecule has 2 aromatic heterocycles. The van der Waals surface area contributed by atoms with Gasteiger partial charge in [-0.1, -0.05) is 36.4 Å². The number of H-pyrrole nitrogens is 2. The van der Waals surface area contributed by atoms with E-state index in [1.54, 1.807) is 4.90 Å². The van der Waals surface area contributed by atoms with Gasteiger partial charge >= 0.3 is 0 Å². The Balaban J connectivity index is 1.23. The summed E-state index contributed by atoms with van der Waals surface area (Å²) in [6, 6.07) is 24.6. The number of hydrogen-bond donors (Lipinski definition) is 2. The Kier molecular flexibility index (Phi) is 5.00. The number of hydrogen-bond acceptors (Lipinski definition) is 2. The minimum atomic E-state index is 0.142. The molecule has 2 N–H and O–H groups in total. The summed E-state index contributed by atoms with van der Waals surface area (Å²) < 4.78 is 0. The molecule has 5 heteroatoms. The number of benzene rings is 3. The summed E-state index contributed by atoms with van der Waals surface area (Å²) in [5.74, 6) is 0.995. The van der Waals surface area contributed by atoms with E-state index in [4.69, 9.17) is 0 Å². The van der Waals surface area contributed by atoms with Gasteiger partial charge in [-0.2, -0.15) is 0 Å². The summed E-state index contributed by atoms with van der Waals surface area (Å²) in [5.41, 5.74) is 6.40. The molecule has 1 amide bonds. The number of aromatic nitrogens is 3. The number of fused-ring (bicyclic) bond motifs is 2.